The van der Waals surface area contributed by atoms with Gasteiger partial charge < -0.3 is 10.1 Å². The number of benzene rings is 1. The first-order chi connectivity index (χ1) is 10.1. The Morgan fingerprint density at radius 3 is 2.67 bits per heavy atom. The summed E-state index contributed by atoms with van der Waals surface area (Å²) < 4.78 is 5.72. The Morgan fingerprint density at radius 2 is 1.90 bits per heavy atom. The van der Waals surface area contributed by atoms with E-state index in [0.717, 1.165) is 24.3 Å². The molecule has 6 heteroatoms. The molecule has 1 aromatic heterocycles. The Bertz CT molecular complexity index is 620. The number of ether oxygens (including phenoxy) is 1. The Morgan fingerprint density at radius 1 is 1.14 bits per heavy atom. The zero-order chi connectivity index (χ0) is 15.2. The predicted octanol–water partition coefficient (Wildman–Crippen LogP) is 5.44. The minimum Gasteiger partial charge on any atom is -0.487 e. The summed E-state index contributed by atoms with van der Waals surface area (Å²) in [5.41, 5.74) is 0.952. The molecule has 0 amide bonds. The van der Waals surface area contributed by atoms with Crippen LogP contribution in [0.4, 0.5) is 5.82 Å². The molecule has 1 N–H and O–H groups in total. The molecule has 2 rings (SSSR count). The van der Waals surface area contributed by atoms with E-state index in [-0.39, 0.29) is 0 Å². The highest BCUT2D eigenvalue weighted by Crippen LogP contribution is 2.34. The average molecular weight is 346 g/mol. The Kier molecular flexibility index (Phi) is 5.97. The van der Waals surface area contributed by atoms with E-state index in [1.807, 2.05) is 12.1 Å². The van der Waals surface area contributed by atoms with Gasteiger partial charge in [-0.05, 0) is 18.6 Å². The molecule has 0 spiro atoms. The van der Waals surface area contributed by atoms with Crippen LogP contribution in [-0.2, 0) is 6.61 Å². The lowest BCUT2D eigenvalue weighted by molar-refractivity contribution is 0.306. The number of anilines is 1. The summed E-state index contributed by atoms with van der Waals surface area (Å²) in [4.78, 5) is 4.31. The molecule has 0 aliphatic heterocycles. The summed E-state index contributed by atoms with van der Waals surface area (Å²) in [6.45, 7) is 3.30. The van der Waals surface area contributed by atoms with Crippen molar-refractivity contribution in [2.24, 2.45) is 0 Å². The zero-order valence-corrected chi connectivity index (χ0v) is 13.8. The van der Waals surface area contributed by atoms with Crippen LogP contribution in [-0.4, -0.2) is 11.5 Å². The highest BCUT2D eigenvalue weighted by atomic mass is 35.5. The van der Waals surface area contributed by atoms with Crippen molar-refractivity contribution in [3.05, 3.63) is 51.1 Å². The van der Waals surface area contributed by atoms with Crippen molar-refractivity contribution in [3.63, 3.8) is 0 Å². The van der Waals surface area contributed by atoms with Gasteiger partial charge in [0.2, 0.25) is 0 Å². The molecule has 0 saturated heterocycles. The largest absolute Gasteiger partial charge is 0.487 e. The van der Waals surface area contributed by atoms with Crippen molar-refractivity contribution >= 4 is 40.6 Å². The van der Waals surface area contributed by atoms with Gasteiger partial charge in [0.15, 0.2) is 0 Å². The first kappa shape index (κ1) is 16.2. The van der Waals surface area contributed by atoms with Gasteiger partial charge in [0, 0.05) is 24.4 Å². The van der Waals surface area contributed by atoms with Crippen molar-refractivity contribution in [2.45, 2.75) is 20.0 Å². The summed E-state index contributed by atoms with van der Waals surface area (Å²) in [5, 5.41) is 4.50. The minimum atomic E-state index is 0.345. The maximum atomic E-state index is 6.09. The molecule has 2 aromatic rings. The van der Waals surface area contributed by atoms with Gasteiger partial charge in [-0.1, -0.05) is 47.8 Å². The van der Waals surface area contributed by atoms with E-state index in [0.29, 0.717) is 27.4 Å². The topological polar surface area (TPSA) is 34.2 Å². The van der Waals surface area contributed by atoms with Crippen LogP contribution in [0.15, 0.2) is 30.5 Å². The first-order valence-corrected chi connectivity index (χ1v) is 7.70. The lowest BCUT2D eigenvalue weighted by Crippen LogP contribution is -2.07. The maximum Gasteiger partial charge on any atom is 0.139 e. The smallest absolute Gasteiger partial charge is 0.139 e. The van der Waals surface area contributed by atoms with Gasteiger partial charge in [-0.25, -0.2) is 4.98 Å². The van der Waals surface area contributed by atoms with Crippen LogP contribution >= 0.6 is 34.8 Å². The van der Waals surface area contributed by atoms with Crippen molar-refractivity contribution in [1.82, 2.24) is 4.98 Å². The Labute approximate surface area is 139 Å². The van der Waals surface area contributed by atoms with Crippen LogP contribution in [0.25, 0.3) is 0 Å². The highest BCUT2D eigenvalue weighted by molar-refractivity contribution is 6.43. The molecule has 21 heavy (non-hydrogen) atoms. The van der Waals surface area contributed by atoms with Crippen LogP contribution in [0.1, 0.15) is 18.9 Å². The van der Waals surface area contributed by atoms with Crippen LogP contribution < -0.4 is 10.1 Å². The first-order valence-electron chi connectivity index (χ1n) is 6.57. The van der Waals surface area contributed by atoms with E-state index in [2.05, 4.69) is 17.2 Å². The molecule has 0 aliphatic rings. The molecule has 112 valence electrons. The number of hydrogen-bond donors (Lipinski definition) is 1. The normalized spacial score (nSPS) is 10.5. The highest BCUT2D eigenvalue weighted by Gasteiger charge is 2.09. The van der Waals surface area contributed by atoms with Crippen LogP contribution in [0.5, 0.6) is 5.75 Å². The third-order valence-corrected chi connectivity index (χ3v) is 3.81. The molecular weight excluding hydrogens is 331 g/mol. The molecular formula is C15H15Cl3N2O. The zero-order valence-electron chi connectivity index (χ0n) is 11.5. The van der Waals surface area contributed by atoms with Gasteiger partial charge in [-0.3, -0.25) is 0 Å². The number of nitrogens with one attached hydrogen (secondary N) is 1. The summed E-state index contributed by atoms with van der Waals surface area (Å²) in [6.07, 6.45) is 2.77. The van der Waals surface area contributed by atoms with E-state index < -0.39 is 0 Å². The lowest BCUT2D eigenvalue weighted by atomic mass is 10.2. The van der Waals surface area contributed by atoms with Crippen molar-refractivity contribution in [3.8, 4) is 5.75 Å². The van der Waals surface area contributed by atoms with Gasteiger partial charge in [-0.15, -0.1) is 0 Å². The van der Waals surface area contributed by atoms with Crippen molar-refractivity contribution in [2.75, 3.05) is 11.9 Å². The lowest BCUT2D eigenvalue weighted by Gasteiger charge is -2.12. The minimum absolute atomic E-state index is 0.345. The standard InChI is InChI=1S/C15H15Cl3N2O/c1-2-5-19-15-10(4-3-6-20-15)9-21-14-8-12(17)11(16)7-13(14)18/h3-4,6-8H,2,5,9H2,1H3,(H,19,20). The SMILES string of the molecule is CCCNc1ncccc1COc1cc(Cl)c(Cl)cc1Cl. The number of hydrogen-bond acceptors (Lipinski definition) is 3. The second-order valence-electron chi connectivity index (χ2n) is 4.42. The fourth-order valence-corrected chi connectivity index (χ4v) is 2.32. The molecule has 0 fully saturated rings. The summed E-state index contributed by atoms with van der Waals surface area (Å²) in [6, 6.07) is 7.00. The van der Waals surface area contributed by atoms with Gasteiger partial charge in [-0.2, -0.15) is 0 Å². The molecule has 0 unspecified atom stereocenters. The van der Waals surface area contributed by atoms with E-state index >= 15 is 0 Å². The predicted molar refractivity (Wildman–Crippen MR) is 88.8 cm³/mol. The van der Waals surface area contributed by atoms with Crippen molar-refractivity contribution < 1.29 is 4.74 Å². The number of nitrogens with zero attached hydrogens (tertiary/aromatic N) is 1. The number of pyridine rings is 1. The number of aromatic nitrogens is 1. The molecule has 0 saturated carbocycles. The fourth-order valence-electron chi connectivity index (χ4n) is 1.73. The van der Waals surface area contributed by atoms with Gasteiger partial charge in [0.05, 0.1) is 15.1 Å². The third-order valence-electron chi connectivity index (χ3n) is 2.79. The molecule has 0 atom stereocenters. The Balaban J connectivity index is 2.11. The molecule has 0 radical (unpaired) electrons. The molecule has 0 bridgehead atoms. The number of rotatable bonds is 6. The van der Waals surface area contributed by atoms with E-state index in [1.54, 1.807) is 18.3 Å². The van der Waals surface area contributed by atoms with E-state index in [4.69, 9.17) is 39.5 Å². The van der Waals surface area contributed by atoms with Gasteiger partial charge in [0.25, 0.3) is 0 Å². The average Bonchev–Trinajstić information content (AvgIpc) is 2.48. The summed E-state index contributed by atoms with van der Waals surface area (Å²) >= 11 is 18.0. The third kappa shape index (κ3) is 4.40. The van der Waals surface area contributed by atoms with Crippen LogP contribution in [0.2, 0.25) is 15.1 Å². The molecule has 1 heterocycles. The molecule has 1 aromatic carbocycles. The van der Waals surface area contributed by atoms with Crippen LogP contribution in [0.3, 0.4) is 0 Å². The second-order valence-corrected chi connectivity index (χ2v) is 5.64. The summed E-state index contributed by atoms with van der Waals surface area (Å²) in [5.74, 6) is 1.31. The quantitative estimate of drug-likeness (QED) is 0.708. The van der Waals surface area contributed by atoms with Gasteiger partial charge >= 0.3 is 0 Å². The molecule has 0 aliphatic carbocycles. The molecule has 3 nitrogen and oxygen atoms in total. The Hall–Kier alpha value is -1.16. The van der Waals surface area contributed by atoms with Crippen molar-refractivity contribution in [1.29, 1.82) is 0 Å². The maximum absolute atomic E-state index is 6.09. The second kappa shape index (κ2) is 7.74. The summed E-state index contributed by atoms with van der Waals surface area (Å²) in [7, 11) is 0. The van der Waals surface area contributed by atoms with E-state index in [1.165, 1.54) is 0 Å². The monoisotopic (exact) mass is 344 g/mol. The number of halogens is 3. The van der Waals surface area contributed by atoms with Crippen LogP contribution in [0, 0.1) is 0 Å². The van der Waals surface area contributed by atoms with Gasteiger partial charge in [0.1, 0.15) is 18.2 Å². The van der Waals surface area contributed by atoms with E-state index in [9.17, 15) is 0 Å². The fraction of sp³-hybridized carbons (Fsp3) is 0.267.